The van der Waals surface area contributed by atoms with E-state index in [0.717, 1.165) is 0 Å². The Bertz CT molecular complexity index is 347. The molecule has 0 fully saturated rings. The van der Waals surface area contributed by atoms with Gasteiger partial charge in [0.05, 0.1) is 12.3 Å². The van der Waals surface area contributed by atoms with Gasteiger partial charge in [-0.25, -0.2) is 0 Å². The number of pyridine rings is 1. The molecule has 72 valence electrons. The monoisotopic (exact) mass is 201 g/mol. The van der Waals surface area contributed by atoms with Crippen LogP contribution in [0.5, 0.6) is 0 Å². The van der Waals surface area contributed by atoms with E-state index in [1.54, 1.807) is 31.3 Å². The molecule has 0 N–H and O–H groups in total. The third-order valence-electron chi connectivity index (χ3n) is 1.35. The largest absolute Gasteiger partial charge is 0.273 e. The van der Waals surface area contributed by atoms with Crippen molar-refractivity contribution in [2.45, 2.75) is 12.7 Å². The van der Waals surface area contributed by atoms with Crippen LogP contribution in [0.25, 0.3) is 0 Å². The molecule has 0 aliphatic heterocycles. The van der Waals surface area contributed by atoms with Gasteiger partial charge in [0.2, 0.25) is 0 Å². The van der Waals surface area contributed by atoms with Crippen LogP contribution >= 0.6 is 0 Å². The summed E-state index contributed by atoms with van der Waals surface area (Å²) >= 11 is 0. The van der Waals surface area contributed by atoms with E-state index in [1.165, 1.54) is 0 Å². The van der Waals surface area contributed by atoms with Gasteiger partial charge in [0.15, 0.2) is 0 Å². The van der Waals surface area contributed by atoms with Crippen molar-refractivity contribution in [2.24, 2.45) is 0 Å². The van der Waals surface area contributed by atoms with E-state index in [9.17, 15) is 8.42 Å². The van der Waals surface area contributed by atoms with E-state index in [0.29, 0.717) is 5.69 Å². The van der Waals surface area contributed by atoms with Crippen molar-refractivity contribution in [3.63, 3.8) is 0 Å². The number of hydrogen-bond donors (Lipinski definition) is 0. The highest BCUT2D eigenvalue weighted by molar-refractivity contribution is 7.85. The molecule has 1 aromatic rings. The van der Waals surface area contributed by atoms with Gasteiger partial charge in [-0.1, -0.05) is 6.07 Å². The van der Waals surface area contributed by atoms with Crippen LogP contribution in [-0.4, -0.2) is 20.0 Å². The number of rotatable bonds is 4. The fraction of sp³-hybridized carbons (Fsp3) is 0.375. The van der Waals surface area contributed by atoms with Crippen LogP contribution in [0.4, 0.5) is 0 Å². The summed E-state index contributed by atoms with van der Waals surface area (Å²) in [5, 5.41) is 0. The van der Waals surface area contributed by atoms with Crippen LogP contribution in [0.15, 0.2) is 24.4 Å². The predicted molar refractivity (Wildman–Crippen MR) is 48.5 cm³/mol. The molecule has 4 nitrogen and oxygen atoms in total. The van der Waals surface area contributed by atoms with Crippen molar-refractivity contribution >= 4 is 10.1 Å². The van der Waals surface area contributed by atoms with Crippen LogP contribution in [-0.2, 0) is 20.1 Å². The third kappa shape index (κ3) is 3.52. The minimum absolute atomic E-state index is 0.162. The second kappa shape index (κ2) is 4.34. The Kier molecular flexibility index (Phi) is 3.39. The SMILES string of the molecule is CCOS(=O)(=O)Cc1ccccn1. The average molecular weight is 201 g/mol. The van der Waals surface area contributed by atoms with Crippen molar-refractivity contribution in [2.75, 3.05) is 6.61 Å². The van der Waals surface area contributed by atoms with Gasteiger partial charge in [-0.15, -0.1) is 0 Å². The van der Waals surface area contributed by atoms with Gasteiger partial charge < -0.3 is 0 Å². The topological polar surface area (TPSA) is 56.3 Å². The summed E-state index contributed by atoms with van der Waals surface area (Å²) in [6.07, 6.45) is 1.55. The van der Waals surface area contributed by atoms with Crippen molar-refractivity contribution in [3.8, 4) is 0 Å². The maximum atomic E-state index is 11.1. The van der Waals surface area contributed by atoms with E-state index < -0.39 is 10.1 Å². The molecule has 0 aliphatic carbocycles. The van der Waals surface area contributed by atoms with E-state index >= 15 is 0 Å². The first-order valence-electron chi connectivity index (χ1n) is 3.91. The molecular formula is C8H11NO3S. The van der Waals surface area contributed by atoms with E-state index in [-0.39, 0.29) is 12.4 Å². The quantitative estimate of drug-likeness (QED) is 0.680. The third-order valence-corrected chi connectivity index (χ3v) is 2.59. The lowest BCUT2D eigenvalue weighted by atomic mass is 10.4. The normalized spacial score (nSPS) is 11.5. The fourth-order valence-corrected chi connectivity index (χ4v) is 1.86. The lowest BCUT2D eigenvalue weighted by Crippen LogP contribution is -2.09. The highest BCUT2D eigenvalue weighted by atomic mass is 32.2. The second-order valence-corrected chi connectivity index (χ2v) is 4.07. The molecule has 1 heterocycles. The lowest BCUT2D eigenvalue weighted by Gasteiger charge is -2.01. The van der Waals surface area contributed by atoms with E-state index in [2.05, 4.69) is 9.17 Å². The van der Waals surface area contributed by atoms with Crippen LogP contribution in [0, 0.1) is 0 Å². The Morgan fingerprint density at radius 3 is 2.77 bits per heavy atom. The average Bonchev–Trinajstić information content (AvgIpc) is 2.04. The van der Waals surface area contributed by atoms with Gasteiger partial charge in [-0.3, -0.25) is 9.17 Å². The smallest absolute Gasteiger partial charge is 0.270 e. The summed E-state index contributed by atoms with van der Waals surface area (Å²) in [7, 11) is -3.45. The zero-order valence-corrected chi connectivity index (χ0v) is 8.12. The molecule has 1 rings (SSSR count). The van der Waals surface area contributed by atoms with E-state index in [4.69, 9.17) is 0 Å². The van der Waals surface area contributed by atoms with Crippen LogP contribution in [0.1, 0.15) is 12.6 Å². The van der Waals surface area contributed by atoms with Crippen LogP contribution in [0.2, 0.25) is 0 Å². The van der Waals surface area contributed by atoms with Crippen molar-refractivity contribution in [1.82, 2.24) is 4.98 Å². The summed E-state index contributed by atoms with van der Waals surface area (Å²) in [5.74, 6) is -0.165. The number of aromatic nitrogens is 1. The van der Waals surface area contributed by atoms with Gasteiger partial charge in [-0.05, 0) is 19.1 Å². The van der Waals surface area contributed by atoms with Gasteiger partial charge in [0.1, 0.15) is 5.75 Å². The molecule has 0 bridgehead atoms. The maximum absolute atomic E-state index is 11.1. The zero-order chi connectivity index (χ0) is 9.73. The van der Waals surface area contributed by atoms with Crippen LogP contribution in [0.3, 0.4) is 0 Å². The molecule has 0 radical (unpaired) electrons. The highest BCUT2D eigenvalue weighted by Gasteiger charge is 2.11. The first-order valence-corrected chi connectivity index (χ1v) is 5.49. The Morgan fingerprint density at radius 2 is 2.23 bits per heavy atom. The summed E-state index contributed by atoms with van der Waals surface area (Å²) < 4.78 is 26.8. The Labute approximate surface area is 77.7 Å². The van der Waals surface area contributed by atoms with Gasteiger partial charge in [0, 0.05) is 6.20 Å². The first kappa shape index (κ1) is 10.1. The molecule has 13 heavy (non-hydrogen) atoms. The van der Waals surface area contributed by atoms with Gasteiger partial charge >= 0.3 is 0 Å². The second-order valence-electron chi connectivity index (χ2n) is 2.43. The summed E-state index contributed by atoms with van der Waals surface area (Å²) in [6.45, 7) is 1.80. The van der Waals surface area contributed by atoms with Crippen LogP contribution < -0.4 is 0 Å². The zero-order valence-electron chi connectivity index (χ0n) is 7.30. The highest BCUT2D eigenvalue weighted by Crippen LogP contribution is 2.03. The molecule has 0 unspecified atom stereocenters. The summed E-state index contributed by atoms with van der Waals surface area (Å²) in [5.41, 5.74) is 0.496. The molecule has 0 amide bonds. The maximum Gasteiger partial charge on any atom is 0.273 e. The number of hydrogen-bond acceptors (Lipinski definition) is 4. The molecule has 0 aliphatic rings. The molecule has 0 saturated heterocycles. The standard InChI is InChI=1S/C8H11NO3S/c1-2-12-13(10,11)7-8-5-3-4-6-9-8/h3-6H,2,7H2,1H3. The molecule has 1 aromatic heterocycles. The molecule has 0 saturated carbocycles. The lowest BCUT2D eigenvalue weighted by molar-refractivity contribution is 0.337. The Hall–Kier alpha value is -0.940. The van der Waals surface area contributed by atoms with Crippen molar-refractivity contribution < 1.29 is 12.6 Å². The van der Waals surface area contributed by atoms with Crippen molar-refractivity contribution in [3.05, 3.63) is 30.1 Å². The van der Waals surface area contributed by atoms with Gasteiger partial charge in [0.25, 0.3) is 10.1 Å². The van der Waals surface area contributed by atoms with E-state index in [1.807, 2.05) is 0 Å². The summed E-state index contributed by atoms with van der Waals surface area (Å²) in [6, 6.07) is 5.12. The predicted octanol–water partition coefficient (Wildman–Crippen LogP) is 0.948. The Morgan fingerprint density at radius 1 is 1.46 bits per heavy atom. The first-order chi connectivity index (χ1) is 6.14. The minimum Gasteiger partial charge on any atom is -0.270 e. The molecule has 0 spiro atoms. The summed E-state index contributed by atoms with van der Waals surface area (Å²) in [4.78, 5) is 3.89. The van der Waals surface area contributed by atoms with Gasteiger partial charge in [-0.2, -0.15) is 8.42 Å². The minimum atomic E-state index is -3.45. The van der Waals surface area contributed by atoms with Crippen molar-refractivity contribution in [1.29, 1.82) is 0 Å². The molecule has 0 aromatic carbocycles. The molecule has 0 atom stereocenters. The number of nitrogens with zero attached hydrogens (tertiary/aromatic N) is 1. The molecular weight excluding hydrogens is 190 g/mol. The molecule has 5 heteroatoms. The fourth-order valence-electron chi connectivity index (χ4n) is 0.886. The Balaban J connectivity index is 2.70.